The van der Waals surface area contributed by atoms with Crippen molar-refractivity contribution in [1.29, 1.82) is 0 Å². The summed E-state index contributed by atoms with van der Waals surface area (Å²) in [5.74, 6) is 0.110. The SMILES string of the molecule is COc1ccc(N(CC(=O)N/N=C\c2cccc(Cl)c2)S(=O)(=O)c2ccccc2)cc1OC. The molecule has 0 saturated carbocycles. The van der Waals surface area contributed by atoms with Crippen LogP contribution >= 0.6 is 11.6 Å². The average Bonchev–Trinajstić information content (AvgIpc) is 2.82. The smallest absolute Gasteiger partial charge is 0.264 e. The molecule has 0 aliphatic rings. The summed E-state index contributed by atoms with van der Waals surface area (Å²) >= 11 is 5.94. The fourth-order valence-corrected chi connectivity index (χ4v) is 4.58. The Bertz CT molecular complexity index is 1250. The topological polar surface area (TPSA) is 97.3 Å². The van der Waals surface area contributed by atoms with Gasteiger partial charge in [0.2, 0.25) is 0 Å². The lowest BCUT2D eigenvalue weighted by Gasteiger charge is -2.24. The molecule has 0 radical (unpaired) electrons. The first kappa shape index (κ1) is 24.1. The fourth-order valence-electron chi connectivity index (χ4n) is 2.95. The van der Waals surface area contributed by atoms with Crippen LogP contribution in [0, 0.1) is 0 Å². The Morgan fingerprint density at radius 3 is 2.39 bits per heavy atom. The number of nitrogens with zero attached hydrogens (tertiary/aromatic N) is 2. The van der Waals surface area contributed by atoms with Crippen LogP contribution in [0.5, 0.6) is 11.5 Å². The summed E-state index contributed by atoms with van der Waals surface area (Å²) in [5.41, 5.74) is 3.26. The summed E-state index contributed by atoms with van der Waals surface area (Å²) in [5, 5.41) is 4.42. The molecular weight excluding hydrogens is 466 g/mol. The van der Waals surface area contributed by atoms with Gasteiger partial charge in [-0.05, 0) is 42.0 Å². The molecule has 0 aliphatic heterocycles. The van der Waals surface area contributed by atoms with Crippen LogP contribution in [-0.2, 0) is 14.8 Å². The number of amides is 1. The number of ether oxygens (including phenoxy) is 2. The van der Waals surface area contributed by atoms with Gasteiger partial charge in [-0.2, -0.15) is 5.10 Å². The second-order valence-corrected chi connectivity index (χ2v) is 9.01. The van der Waals surface area contributed by atoms with Gasteiger partial charge in [-0.3, -0.25) is 9.10 Å². The second-order valence-electron chi connectivity index (χ2n) is 6.71. The van der Waals surface area contributed by atoms with Crippen molar-refractivity contribution in [3.8, 4) is 11.5 Å². The lowest BCUT2D eigenvalue weighted by atomic mass is 10.2. The number of carbonyl (C=O) groups excluding carboxylic acids is 1. The molecule has 10 heteroatoms. The number of methoxy groups -OCH3 is 2. The molecule has 1 amide bonds. The molecule has 0 fully saturated rings. The van der Waals surface area contributed by atoms with Crippen LogP contribution in [0.2, 0.25) is 5.02 Å². The van der Waals surface area contributed by atoms with E-state index in [9.17, 15) is 13.2 Å². The number of hydrogen-bond donors (Lipinski definition) is 1. The molecule has 3 aromatic rings. The van der Waals surface area contributed by atoms with Crippen molar-refractivity contribution in [3.05, 3.63) is 83.4 Å². The van der Waals surface area contributed by atoms with Gasteiger partial charge in [0.15, 0.2) is 11.5 Å². The first-order valence-corrected chi connectivity index (χ1v) is 11.5. The maximum Gasteiger partial charge on any atom is 0.264 e. The number of hydrazone groups is 1. The normalized spacial score (nSPS) is 11.2. The van der Waals surface area contributed by atoms with Crippen molar-refractivity contribution in [2.24, 2.45) is 5.10 Å². The number of carbonyl (C=O) groups is 1. The zero-order valence-electron chi connectivity index (χ0n) is 17.9. The second kappa shape index (κ2) is 10.8. The van der Waals surface area contributed by atoms with Crippen LogP contribution in [-0.4, -0.2) is 41.3 Å². The number of benzene rings is 3. The van der Waals surface area contributed by atoms with Crippen LogP contribution in [0.3, 0.4) is 0 Å². The van der Waals surface area contributed by atoms with Crippen molar-refractivity contribution in [1.82, 2.24) is 5.43 Å². The van der Waals surface area contributed by atoms with Crippen molar-refractivity contribution in [2.45, 2.75) is 4.90 Å². The molecule has 8 nitrogen and oxygen atoms in total. The number of sulfonamides is 1. The molecule has 33 heavy (non-hydrogen) atoms. The van der Waals surface area contributed by atoms with E-state index in [2.05, 4.69) is 10.5 Å². The minimum atomic E-state index is -4.07. The number of anilines is 1. The third-order valence-electron chi connectivity index (χ3n) is 4.53. The Morgan fingerprint density at radius 2 is 1.73 bits per heavy atom. The van der Waals surface area contributed by atoms with Crippen LogP contribution in [0.4, 0.5) is 5.69 Å². The highest BCUT2D eigenvalue weighted by molar-refractivity contribution is 7.92. The Hall–Kier alpha value is -3.56. The number of nitrogens with one attached hydrogen (secondary N) is 1. The summed E-state index contributed by atoms with van der Waals surface area (Å²) in [6.45, 7) is -0.514. The lowest BCUT2D eigenvalue weighted by molar-refractivity contribution is -0.119. The van der Waals surface area contributed by atoms with Crippen molar-refractivity contribution in [2.75, 3.05) is 25.1 Å². The fraction of sp³-hybridized carbons (Fsp3) is 0.130. The first-order valence-electron chi connectivity index (χ1n) is 9.72. The molecule has 1 N–H and O–H groups in total. The Morgan fingerprint density at radius 1 is 1.00 bits per heavy atom. The van der Waals surface area contributed by atoms with E-state index in [-0.39, 0.29) is 10.6 Å². The standard InChI is InChI=1S/C23H22ClN3O5S/c1-31-21-12-11-19(14-22(21)32-2)27(33(29,30)20-9-4-3-5-10-20)16-23(28)26-25-15-17-7-6-8-18(24)13-17/h3-15H,16H2,1-2H3,(H,26,28)/b25-15-. The van der Waals surface area contributed by atoms with Gasteiger partial charge in [-0.1, -0.05) is 41.9 Å². The first-order chi connectivity index (χ1) is 15.8. The summed E-state index contributed by atoms with van der Waals surface area (Å²) in [6.07, 6.45) is 1.41. The molecule has 0 spiro atoms. The Labute approximate surface area is 197 Å². The minimum absolute atomic E-state index is 0.0370. The predicted molar refractivity (Wildman–Crippen MR) is 128 cm³/mol. The van der Waals surface area contributed by atoms with Gasteiger partial charge in [0.25, 0.3) is 15.9 Å². The van der Waals surface area contributed by atoms with Gasteiger partial charge in [-0.15, -0.1) is 0 Å². The van der Waals surface area contributed by atoms with Crippen LogP contribution < -0.4 is 19.2 Å². The van der Waals surface area contributed by atoms with Crippen LogP contribution in [0.25, 0.3) is 0 Å². The van der Waals surface area contributed by atoms with E-state index in [0.29, 0.717) is 22.1 Å². The van der Waals surface area contributed by atoms with Gasteiger partial charge >= 0.3 is 0 Å². The summed E-state index contributed by atoms with van der Waals surface area (Å²) in [7, 11) is -1.16. The zero-order valence-corrected chi connectivity index (χ0v) is 19.5. The molecular formula is C23H22ClN3O5S. The van der Waals surface area contributed by atoms with E-state index in [0.717, 1.165) is 4.31 Å². The van der Waals surface area contributed by atoms with Gasteiger partial charge in [-0.25, -0.2) is 13.8 Å². The molecule has 3 rings (SSSR count). The van der Waals surface area contributed by atoms with E-state index >= 15 is 0 Å². The predicted octanol–water partition coefficient (Wildman–Crippen LogP) is 3.70. The molecule has 0 atom stereocenters. The molecule has 0 bridgehead atoms. The Kier molecular flexibility index (Phi) is 7.92. The molecule has 0 aromatic heterocycles. The van der Waals surface area contributed by atoms with E-state index in [4.69, 9.17) is 21.1 Å². The van der Waals surface area contributed by atoms with E-state index < -0.39 is 22.5 Å². The molecule has 3 aromatic carbocycles. The highest BCUT2D eigenvalue weighted by Crippen LogP contribution is 2.33. The number of hydrogen-bond acceptors (Lipinski definition) is 6. The van der Waals surface area contributed by atoms with Crippen molar-refractivity contribution < 1.29 is 22.7 Å². The minimum Gasteiger partial charge on any atom is -0.493 e. The summed E-state index contributed by atoms with van der Waals surface area (Å²) in [6, 6.07) is 19.3. The van der Waals surface area contributed by atoms with Crippen molar-refractivity contribution >= 4 is 39.4 Å². The maximum atomic E-state index is 13.4. The molecule has 172 valence electrons. The van der Waals surface area contributed by atoms with Crippen molar-refractivity contribution in [3.63, 3.8) is 0 Å². The van der Waals surface area contributed by atoms with Crippen LogP contribution in [0.1, 0.15) is 5.56 Å². The Balaban J connectivity index is 1.90. The quantitative estimate of drug-likeness (QED) is 0.366. The van der Waals surface area contributed by atoms with E-state index in [1.165, 1.54) is 44.7 Å². The van der Waals surface area contributed by atoms with Crippen LogP contribution in [0.15, 0.2) is 82.8 Å². The zero-order chi connectivity index (χ0) is 23.8. The summed E-state index contributed by atoms with van der Waals surface area (Å²) < 4.78 is 38.3. The molecule has 0 saturated heterocycles. The highest BCUT2D eigenvalue weighted by atomic mass is 35.5. The third-order valence-corrected chi connectivity index (χ3v) is 6.55. The van der Waals surface area contributed by atoms with Gasteiger partial charge in [0.1, 0.15) is 6.54 Å². The van der Waals surface area contributed by atoms with Gasteiger partial charge in [0.05, 0.1) is 31.0 Å². The largest absolute Gasteiger partial charge is 0.493 e. The van der Waals surface area contributed by atoms with E-state index in [1.807, 2.05) is 0 Å². The number of rotatable bonds is 9. The maximum absolute atomic E-state index is 13.4. The number of halogens is 1. The third kappa shape index (κ3) is 6.03. The lowest BCUT2D eigenvalue weighted by Crippen LogP contribution is -2.39. The average molecular weight is 488 g/mol. The van der Waals surface area contributed by atoms with Gasteiger partial charge in [0, 0.05) is 11.1 Å². The van der Waals surface area contributed by atoms with E-state index in [1.54, 1.807) is 48.5 Å². The van der Waals surface area contributed by atoms with Gasteiger partial charge < -0.3 is 9.47 Å². The highest BCUT2D eigenvalue weighted by Gasteiger charge is 2.28. The monoisotopic (exact) mass is 487 g/mol. The molecule has 0 aliphatic carbocycles. The summed E-state index contributed by atoms with van der Waals surface area (Å²) in [4.78, 5) is 12.7. The molecule has 0 heterocycles. The molecule has 0 unspecified atom stereocenters.